The van der Waals surface area contributed by atoms with Crippen molar-refractivity contribution in [2.45, 2.75) is 6.92 Å². The Bertz CT molecular complexity index is 1180. The summed E-state index contributed by atoms with van der Waals surface area (Å²) in [6, 6.07) is 21.6. The van der Waals surface area contributed by atoms with E-state index in [-0.39, 0.29) is 17.6 Å². The van der Waals surface area contributed by atoms with E-state index in [1.807, 2.05) is 49.4 Å². The quantitative estimate of drug-likeness (QED) is 0.401. The zero-order chi connectivity index (χ0) is 20.4. The van der Waals surface area contributed by atoms with Gasteiger partial charge in [-0.2, -0.15) is 0 Å². The average Bonchev–Trinajstić information content (AvgIpc) is 3.15. The van der Waals surface area contributed by atoms with Gasteiger partial charge in [0.25, 0.3) is 11.8 Å². The van der Waals surface area contributed by atoms with Gasteiger partial charge in [-0.05, 0) is 67.1 Å². The lowest BCUT2D eigenvalue weighted by Crippen LogP contribution is -2.13. The predicted molar refractivity (Wildman–Crippen MR) is 117 cm³/mol. The molecule has 0 aliphatic rings. The molecule has 6 heteroatoms. The molecule has 0 saturated carbocycles. The zero-order valence-corrected chi connectivity index (χ0v) is 17.1. The fraction of sp³-hybridized carbons (Fsp3) is 0.0435. The molecule has 29 heavy (non-hydrogen) atoms. The molecule has 2 amide bonds. The smallest absolute Gasteiger partial charge is 0.291 e. The van der Waals surface area contributed by atoms with E-state index in [1.165, 1.54) is 0 Å². The number of rotatable bonds is 4. The Labute approximate surface area is 175 Å². The molecule has 1 heterocycles. The minimum atomic E-state index is -0.323. The van der Waals surface area contributed by atoms with E-state index in [4.69, 9.17) is 4.42 Å². The molecule has 0 spiro atoms. The number of amides is 2. The number of nitrogens with one attached hydrogen (secondary N) is 2. The number of halogens is 1. The molecule has 0 unspecified atom stereocenters. The molecule has 0 atom stereocenters. The molecule has 0 fully saturated rings. The highest BCUT2D eigenvalue weighted by atomic mass is 79.9. The highest BCUT2D eigenvalue weighted by Crippen LogP contribution is 2.23. The Morgan fingerprint density at radius 2 is 1.62 bits per heavy atom. The molecular formula is C23H17BrN2O3. The van der Waals surface area contributed by atoms with Crippen molar-refractivity contribution in [3.63, 3.8) is 0 Å². The van der Waals surface area contributed by atoms with Gasteiger partial charge in [-0.15, -0.1) is 0 Å². The number of carbonyl (C=O) groups is 2. The first-order valence-electron chi connectivity index (χ1n) is 8.97. The minimum Gasteiger partial charge on any atom is -0.451 e. The summed E-state index contributed by atoms with van der Waals surface area (Å²) < 4.78 is 6.51. The van der Waals surface area contributed by atoms with Crippen LogP contribution in [0.15, 0.2) is 81.7 Å². The van der Waals surface area contributed by atoms with E-state index < -0.39 is 0 Å². The van der Waals surface area contributed by atoms with Crippen LogP contribution in [-0.2, 0) is 0 Å². The summed E-state index contributed by atoms with van der Waals surface area (Å²) in [6.45, 7) is 1.86. The number of aryl methyl sites for hydroxylation is 1. The van der Waals surface area contributed by atoms with Crippen molar-refractivity contribution in [3.8, 4) is 0 Å². The number of carbonyl (C=O) groups excluding carboxylic acids is 2. The Morgan fingerprint density at radius 1 is 0.862 bits per heavy atom. The van der Waals surface area contributed by atoms with Gasteiger partial charge in [0.1, 0.15) is 5.58 Å². The highest BCUT2D eigenvalue weighted by molar-refractivity contribution is 9.10. The predicted octanol–water partition coefficient (Wildman–Crippen LogP) is 6.01. The number of fused-ring (bicyclic) bond motifs is 1. The van der Waals surface area contributed by atoms with Crippen LogP contribution >= 0.6 is 15.9 Å². The Balaban J connectivity index is 1.47. The second kappa shape index (κ2) is 7.93. The highest BCUT2D eigenvalue weighted by Gasteiger charge is 2.14. The van der Waals surface area contributed by atoms with E-state index in [9.17, 15) is 9.59 Å². The second-order valence-corrected chi connectivity index (χ2v) is 7.51. The summed E-state index contributed by atoms with van der Waals surface area (Å²) in [4.78, 5) is 24.9. The molecule has 0 bridgehead atoms. The van der Waals surface area contributed by atoms with Crippen molar-refractivity contribution in [1.29, 1.82) is 0 Å². The van der Waals surface area contributed by atoms with E-state index in [2.05, 4.69) is 26.6 Å². The van der Waals surface area contributed by atoms with Gasteiger partial charge in [0.2, 0.25) is 0 Å². The van der Waals surface area contributed by atoms with Crippen LogP contribution in [0.5, 0.6) is 0 Å². The number of para-hydroxylation sites is 1. The fourth-order valence-electron chi connectivity index (χ4n) is 2.96. The number of furan rings is 1. The van der Waals surface area contributed by atoms with Gasteiger partial charge in [0.15, 0.2) is 5.76 Å². The standard InChI is InChI=1S/C23H17BrN2O3/c1-14-12-18(25-22(27)15-6-8-17(24)9-7-15)10-11-19(14)26-23(28)21-13-16-4-2-3-5-20(16)29-21/h2-13H,1H3,(H,25,27)(H,26,28). The monoisotopic (exact) mass is 448 g/mol. The summed E-state index contributed by atoms with van der Waals surface area (Å²) >= 11 is 3.35. The van der Waals surface area contributed by atoms with Crippen LogP contribution in [0.1, 0.15) is 26.5 Å². The average molecular weight is 449 g/mol. The van der Waals surface area contributed by atoms with E-state index >= 15 is 0 Å². The molecule has 2 N–H and O–H groups in total. The van der Waals surface area contributed by atoms with Gasteiger partial charge < -0.3 is 15.1 Å². The Kier molecular flexibility index (Phi) is 5.18. The van der Waals surface area contributed by atoms with Gasteiger partial charge in [-0.25, -0.2) is 0 Å². The third kappa shape index (κ3) is 4.22. The minimum absolute atomic E-state index is 0.198. The van der Waals surface area contributed by atoms with Crippen molar-refractivity contribution in [2.24, 2.45) is 0 Å². The molecule has 0 saturated heterocycles. The zero-order valence-electron chi connectivity index (χ0n) is 15.5. The SMILES string of the molecule is Cc1cc(NC(=O)c2ccc(Br)cc2)ccc1NC(=O)c1cc2ccccc2o1. The van der Waals surface area contributed by atoms with Gasteiger partial charge >= 0.3 is 0 Å². The summed E-state index contributed by atoms with van der Waals surface area (Å²) in [5.41, 5.74) is 3.35. The molecule has 3 aromatic carbocycles. The largest absolute Gasteiger partial charge is 0.451 e. The summed E-state index contributed by atoms with van der Waals surface area (Å²) in [6.07, 6.45) is 0. The van der Waals surface area contributed by atoms with Gasteiger partial charge in [0, 0.05) is 26.8 Å². The molecule has 144 valence electrons. The van der Waals surface area contributed by atoms with E-state index in [0.29, 0.717) is 22.5 Å². The number of anilines is 2. The van der Waals surface area contributed by atoms with Gasteiger partial charge in [0.05, 0.1) is 0 Å². The third-order valence-corrected chi connectivity index (χ3v) is 5.02. The van der Waals surface area contributed by atoms with Crippen molar-refractivity contribution < 1.29 is 14.0 Å². The van der Waals surface area contributed by atoms with Gasteiger partial charge in [-0.1, -0.05) is 34.1 Å². The second-order valence-electron chi connectivity index (χ2n) is 6.59. The first kappa shape index (κ1) is 19.0. The van der Waals surface area contributed by atoms with Crippen LogP contribution in [0, 0.1) is 6.92 Å². The van der Waals surface area contributed by atoms with Crippen LogP contribution in [-0.4, -0.2) is 11.8 Å². The molecule has 0 aliphatic carbocycles. The Morgan fingerprint density at radius 3 is 2.34 bits per heavy atom. The molecule has 4 rings (SSSR count). The Hall–Kier alpha value is -3.38. The lowest BCUT2D eigenvalue weighted by molar-refractivity contribution is 0.0996. The lowest BCUT2D eigenvalue weighted by atomic mass is 10.1. The van der Waals surface area contributed by atoms with Crippen LogP contribution in [0.25, 0.3) is 11.0 Å². The van der Waals surface area contributed by atoms with Crippen molar-refractivity contribution >= 4 is 50.1 Å². The van der Waals surface area contributed by atoms with Crippen LogP contribution < -0.4 is 10.6 Å². The number of hydrogen-bond donors (Lipinski definition) is 2. The third-order valence-electron chi connectivity index (χ3n) is 4.49. The maximum atomic E-state index is 12.5. The number of hydrogen-bond acceptors (Lipinski definition) is 3. The van der Waals surface area contributed by atoms with Crippen LogP contribution in [0.4, 0.5) is 11.4 Å². The van der Waals surface area contributed by atoms with Crippen LogP contribution in [0.3, 0.4) is 0 Å². The van der Waals surface area contributed by atoms with Crippen LogP contribution in [0.2, 0.25) is 0 Å². The molecule has 0 radical (unpaired) electrons. The molecule has 1 aromatic heterocycles. The molecule has 5 nitrogen and oxygen atoms in total. The molecular weight excluding hydrogens is 432 g/mol. The van der Waals surface area contributed by atoms with Crippen molar-refractivity contribution in [1.82, 2.24) is 0 Å². The fourth-order valence-corrected chi connectivity index (χ4v) is 3.23. The number of benzene rings is 3. The van der Waals surface area contributed by atoms with E-state index in [1.54, 1.807) is 30.3 Å². The maximum absolute atomic E-state index is 12.5. The summed E-state index contributed by atoms with van der Waals surface area (Å²) in [7, 11) is 0. The normalized spacial score (nSPS) is 10.7. The van der Waals surface area contributed by atoms with Gasteiger partial charge in [-0.3, -0.25) is 9.59 Å². The first-order valence-corrected chi connectivity index (χ1v) is 9.76. The molecule has 0 aliphatic heterocycles. The van der Waals surface area contributed by atoms with Crippen molar-refractivity contribution in [2.75, 3.05) is 10.6 Å². The van der Waals surface area contributed by atoms with E-state index in [0.717, 1.165) is 15.4 Å². The topological polar surface area (TPSA) is 71.3 Å². The molecule has 4 aromatic rings. The lowest BCUT2D eigenvalue weighted by Gasteiger charge is -2.11. The maximum Gasteiger partial charge on any atom is 0.291 e. The van der Waals surface area contributed by atoms with Crippen molar-refractivity contribution in [3.05, 3.63) is 94.2 Å². The first-order chi connectivity index (χ1) is 14.0. The summed E-state index contributed by atoms with van der Waals surface area (Å²) in [5, 5.41) is 6.59. The summed E-state index contributed by atoms with van der Waals surface area (Å²) in [5.74, 6) is -0.273.